The van der Waals surface area contributed by atoms with Crippen molar-refractivity contribution in [2.24, 2.45) is 5.73 Å². The molecule has 0 amide bonds. The summed E-state index contributed by atoms with van der Waals surface area (Å²) in [4.78, 5) is 4.23. The van der Waals surface area contributed by atoms with Crippen LogP contribution in [0.2, 0.25) is 0 Å². The van der Waals surface area contributed by atoms with Gasteiger partial charge in [-0.1, -0.05) is 0 Å². The number of hydrogen-bond donors (Lipinski definition) is 2. The SMILES string of the molecule is CC(N)c1nccc2cc(O)ccc12. The van der Waals surface area contributed by atoms with E-state index < -0.39 is 0 Å². The Labute approximate surface area is 82.2 Å². The fourth-order valence-corrected chi connectivity index (χ4v) is 1.55. The van der Waals surface area contributed by atoms with Crippen molar-refractivity contribution in [1.82, 2.24) is 4.98 Å². The lowest BCUT2D eigenvalue weighted by atomic mass is 10.1. The zero-order valence-corrected chi connectivity index (χ0v) is 7.94. The highest BCUT2D eigenvalue weighted by Crippen LogP contribution is 2.24. The van der Waals surface area contributed by atoms with Gasteiger partial charge in [0.15, 0.2) is 0 Å². The summed E-state index contributed by atoms with van der Waals surface area (Å²) in [6.45, 7) is 1.90. The molecule has 0 saturated carbocycles. The average Bonchev–Trinajstić information content (AvgIpc) is 2.16. The molecule has 0 saturated heterocycles. The number of benzene rings is 1. The molecule has 1 aromatic carbocycles. The van der Waals surface area contributed by atoms with E-state index in [9.17, 15) is 5.11 Å². The quantitative estimate of drug-likeness (QED) is 0.719. The van der Waals surface area contributed by atoms with E-state index in [-0.39, 0.29) is 11.8 Å². The molecular weight excluding hydrogens is 176 g/mol. The predicted molar refractivity (Wildman–Crippen MR) is 56.0 cm³/mol. The summed E-state index contributed by atoms with van der Waals surface area (Å²) >= 11 is 0. The van der Waals surface area contributed by atoms with Crippen LogP contribution in [-0.4, -0.2) is 10.1 Å². The Morgan fingerprint density at radius 2 is 2.14 bits per heavy atom. The van der Waals surface area contributed by atoms with Crippen LogP contribution < -0.4 is 5.73 Å². The third-order valence-electron chi connectivity index (χ3n) is 2.21. The van der Waals surface area contributed by atoms with E-state index in [1.54, 1.807) is 18.3 Å². The van der Waals surface area contributed by atoms with Gasteiger partial charge in [0.25, 0.3) is 0 Å². The van der Waals surface area contributed by atoms with Gasteiger partial charge in [-0.15, -0.1) is 0 Å². The largest absolute Gasteiger partial charge is 0.508 e. The summed E-state index contributed by atoms with van der Waals surface area (Å²) in [5.41, 5.74) is 6.66. The van der Waals surface area contributed by atoms with Crippen LogP contribution in [0.25, 0.3) is 10.8 Å². The molecule has 3 heteroatoms. The van der Waals surface area contributed by atoms with Crippen LogP contribution in [-0.2, 0) is 0 Å². The molecule has 0 aliphatic carbocycles. The number of nitrogens with two attached hydrogens (primary N) is 1. The first-order chi connectivity index (χ1) is 6.68. The minimum absolute atomic E-state index is 0.0942. The van der Waals surface area contributed by atoms with Crippen molar-refractivity contribution >= 4 is 10.8 Å². The number of pyridine rings is 1. The summed E-state index contributed by atoms with van der Waals surface area (Å²) in [6.07, 6.45) is 1.71. The standard InChI is InChI=1S/C11H12N2O/c1-7(12)11-10-3-2-9(14)6-8(10)4-5-13-11/h2-7,14H,12H2,1H3. The lowest BCUT2D eigenvalue weighted by Crippen LogP contribution is -2.07. The van der Waals surface area contributed by atoms with Crippen molar-refractivity contribution in [3.8, 4) is 5.75 Å². The molecule has 14 heavy (non-hydrogen) atoms. The monoisotopic (exact) mass is 188 g/mol. The molecule has 3 N–H and O–H groups in total. The van der Waals surface area contributed by atoms with Crippen molar-refractivity contribution in [1.29, 1.82) is 0 Å². The summed E-state index contributed by atoms with van der Waals surface area (Å²) in [7, 11) is 0. The number of nitrogens with zero attached hydrogens (tertiary/aromatic N) is 1. The first kappa shape index (κ1) is 8.97. The number of phenolic OH excluding ortho intramolecular Hbond substituents is 1. The van der Waals surface area contributed by atoms with Gasteiger partial charge in [0.1, 0.15) is 5.75 Å². The summed E-state index contributed by atoms with van der Waals surface area (Å²) in [5.74, 6) is 0.263. The smallest absolute Gasteiger partial charge is 0.116 e. The molecule has 3 nitrogen and oxygen atoms in total. The van der Waals surface area contributed by atoms with E-state index in [2.05, 4.69) is 4.98 Å². The van der Waals surface area contributed by atoms with Gasteiger partial charge in [0.05, 0.1) is 5.69 Å². The Kier molecular flexibility index (Phi) is 2.09. The van der Waals surface area contributed by atoms with Crippen molar-refractivity contribution in [3.05, 3.63) is 36.2 Å². The molecular formula is C11H12N2O. The molecule has 0 aliphatic rings. The second-order valence-corrected chi connectivity index (χ2v) is 3.39. The highest BCUT2D eigenvalue weighted by molar-refractivity contribution is 5.85. The maximum Gasteiger partial charge on any atom is 0.116 e. The minimum Gasteiger partial charge on any atom is -0.508 e. The predicted octanol–water partition coefficient (Wildman–Crippen LogP) is 1.96. The molecule has 0 aliphatic heterocycles. The Bertz CT molecular complexity index is 466. The Balaban J connectivity index is 2.75. The van der Waals surface area contributed by atoms with E-state index in [1.165, 1.54) is 0 Å². The summed E-state index contributed by atoms with van der Waals surface area (Å²) < 4.78 is 0. The van der Waals surface area contributed by atoms with Crippen LogP contribution in [0, 0.1) is 0 Å². The number of phenols is 1. The molecule has 0 bridgehead atoms. The molecule has 0 radical (unpaired) electrons. The van der Waals surface area contributed by atoms with Crippen molar-refractivity contribution in [2.45, 2.75) is 13.0 Å². The molecule has 1 unspecified atom stereocenters. The van der Waals surface area contributed by atoms with Crippen LogP contribution in [0.5, 0.6) is 5.75 Å². The van der Waals surface area contributed by atoms with Gasteiger partial charge in [-0.3, -0.25) is 4.98 Å². The third-order valence-corrected chi connectivity index (χ3v) is 2.21. The Morgan fingerprint density at radius 3 is 2.86 bits per heavy atom. The zero-order chi connectivity index (χ0) is 10.1. The fourth-order valence-electron chi connectivity index (χ4n) is 1.55. The van der Waals surface area contributed by atoms with Gasteiger partial charge in [0, 0.05) is 17.6 Å². The Morgan fingerprint density at radius 1 is 1.36 bits per heavy atom. The van der Waals surface area contributed by atoms with Crippen LogP contribution in [0.1, 0.15) is 18.7 Å². The lowest BCUT2D eigenvalue weighted by Gasteiger charge is -2.08. The number of rotatable bonds is 1. The van der Waals surface area contributed by atoms with Crippen molar-refractivity contribution < 1.29 is 5.11 Å². The first-order valence-corrected chi connectivity index (χ1v) is 4.51. The molecule has 1 heterocycles. The normalized spacial score (nSPS) is 13.0. The van der Waals surface area contributed by atoms with Crippen molar-refractivity contribution in [2.75, 3.05) is 0 Å². The molecule has 0 spiro atoms. The topological polar surface area (TPSA) is 59.1 Å². The lowest BCUT2D eigenvalue weighted by molar-refractivity contribution is 0.476. The van der Waals surface area contributed by atoms with Gasteiger partial charge < -0.3 is 10.8 Å². The number of hydrogen-bond acceptors (Lipinski definition) is 3. The summed E-state index contributed by atoms with van der Waals surface area (Å²) in [5, 5.41) is 11.3. The zero-order valence-electron chi connectivity index (χ0n) is 7.94. The molecule has 72 valence electrons. The van der Waals surface area contributed by atoms with Gasteiger partial charge in [-0.2, -0.15) is 0 Å². The van der Waals surface area contributed by atoms with Gasteiger partial charge in [-0.05, 0) is 36.6 Å². The van der Waals surface area contributed by atoms with Gasteiger partial charge >= 0.3 is 0 Å². The second kappa shape index (κ2) is 3.27. The van der Waals surface area contributed by atoms with E-state index in [1.807, 2.05) is 19.1 Å². The van der Waals surface area contributed by atoms with Crippen molar-refractivity contribution in [3.63, 3.8) is 0 Å². The molecule has 0 fully saturated rings. The maximum atomic E-state index is 9.31. The van der Waals surface area contributed by atoms with Crippen LogP contribution in [0.3, 0.4) is 0 Å². The molecule has 2 rings (SSSR count). The number of aromatic nitrogens is 1. The van der Waals surface area contributed by atoms with E-state index in [4.69, 9.17) is 5.73 Å². The number of aromatic hydroxyl groups is 1. The number of fused-ring (bicyclic) bond motifs is 1. The van der Waals surface area contributed by atoms with E-state index >= 15 is 0 Å². The third kappa shape index (κ3) is 1.42. The van der Waals surface area contributed by atoms with Crippen LogP contribution in [0.4, 0.5) is 0 Å². The van der Waals surface area contributed by atoms with E-state index in [0.717, 1.165) is 16.5 Å². The Hall–Kier alpha value is -1.61. The molecule has 2 aromatic rings. The molecule has 1 aromatic heterocycles. The van der Waals surface area contributed by atoms with E-state index in [0.29, 0.717) is 0 Å². The highest BCUT2D eigenvalue weighted by atomic mass is 16.3. The first-order valence-electron chi connectivity index (χ1n) is 4.51. The highest BCUT2D eigenvalue weighted by Gasteiger charge is 2.06. The maximum absolute atomic E-state index is 9.31. The van der Waals surface area contributed by atoms with Gasteiger partial charge in [0.2, 0.25) is 0 Å². The average molecular weight is 188 g/mol. The second-order valence-electron chi connectivity index (χ2n) is 3.39. The summed E-state index contributed by atoms with van der Waals surface area (Å²) in [6, 6.07) is 6.97. The fraction of sp³-hybridized carbons (Fsp3) is 0.182. The van der Waals surface area contributed by atoms with Gasteiger partial charge in [-0.25, -0.2) is 0 Å². The van der Waals surface area contributed by atoms with Crippen LogP contribution in [0.15, 0.2) is 30.5 Å². The molecule has 1 atom stereocenters. The van der Waals surface area contributed by atoms with Crippen LogP contribution >= 0.6 is 0 Å². The minimum atomic E-state index is -0.0942.